The first-order chi connectivity index (χ1) is 16.5. The van der Waals surface area contributed by atoms with Crippen molar-refractivity contribution in [1.82, 2.24) is 4.98 Å². The van der Waals surface area contributed by atoms with Gasteiger partial charge in [-0.2, -0.15) is 13.2 Å². The second-order valence-corrected chi connectivity index (χ2v) is 12.1. The van der Waals surface area contributed by atoms with Crippen molar-refractivity contribution >= 4 is 20.9 Å². The number of aromatic amines is 1. The lowest BCUT2D eigenvalue weighted by molar-refractivity contribution is -0.586. The molecule has 0 atom stereocenters. The number of hydrogen-bond donors (Lipinski definition) is 1. The highest BCUT2D eigenvalue weighted by Crippen LogP contribution is 2.44. The number of aromatic nitrogens is 2. The minimum absolute atomic E-state index is 0.0571. The van der Waals surface area contributed by atoms with Gasteiger partial charge in [0.05, 0.1) is 22.6 Å². The molecule has 0 saturated heterocycles. The van der Waals surface area contributed by atoms with E-state index in [0.29, 0.717) is 29.5 Å². The molecular weight excluding hydrogens is 507 g/mol. The summed E-state index contributed by atoms with van der Waals surface area (Å²) in [7, 11) is -4.90. The molecule has 1 fully saturated rings. The Bertz CT molecular complexity index is 1400. The summed E-state index contributed by atoms with van der Waals surface area (Å²) in [5.74, 6) is -2.67. The molecule has 3 aromatic rings. The van der Waals surface area contributed by atoms with Crippen LogP contribution in [0.4, 0.5) is 22.0 Å². The van der Waals surface area contributed by atoms with Crippen LogP contribution < -0.4 is 9.47 Å². The lowest BCUT2D eigenvalue weighted by atomic mass is 9.94. The van der Waals surface area contributed by atoms with Crippen LogP contribution in [-0.2, 0) is 9.84 Å². The van der Waals surface area contributed by atoms with Gasteiger partial charge in [-0.1, -0.05) is 0 Å². The summed E-state index contributed by atoms with van der Waals surface area (Å²) in [5.41, 5.74) is 0.901. The maximum Gasteiger partial charge on any atom is 0.408 e. The predicted octanol–water partition coefficient (Wildman–Crippen LogP) is 5.85. The van der Waals surface area contributed by atoms with Gasteiger partial charge >= 0.3 is 6.18 Å². The van der Waals surface area contributed by atoms with Crippen LogP contribution in [0.5, 0.6) is 5.75 Å². The maximum atomic E-state index is 13.6. The topological polar surface area (TPSA) is 86.1 Å². The molecule has 1 aromatic carbocycles. The van der Waals surface area contributed by atoms with Crippen molar-refractivity contribution in [3.05, 3.63) is 47.4 Å². The number of pyridine rings is 1. The minimum Gasteiger partial charge on any atom is -0.710 e. The number of nitrogens with one attached hydrogen (secondary N) is 1. The van der Waals surface area contributed by atoms with Gasteiger partial charge in [-0.3, -0.25) is 0 Å². The molecule has 1 aliphatic carbocycles. The van der Waals surface area contributed by atoms with E-state index in [-0.39, 0.29) is 48.3 Å². The Balaban J connectivity index is 1.89. The van der Waals surface area contributed by atoms with Gasteiger partial charge in [0.2, 0.25) is 5.92 Å². The quantitative estimate of drug-likeness (QED) is 0.254. The number of halogens is 5. The molecule has 2 aromatic heterocycles. The zero-order valence-corrected chi connectivity index (χ0v) is 20.6. The molecule has 0 bridgehead atoms. The SMILES string of the molecule is Cc1cc(-c2cc(S(=O)(=O)C(C)(C)C(F)(F)F)ccc2OC2CCC(F)(F)CC2)c2cc[nH]c2[n+]1[O-]. The van der Waals surface area contributed by atoms with E-state index in [4.69, 9.17) is 4.74 Å². The van der Waals surface area contributed by atoms with Crippen molar-refractivity contribution in [1.29, 1.82) is 0 Å². The van der Waals surface area contributed by atoms with Gasteiger partial charge < -0.3 is 9.94 Å². The van der Waals surface area contributed by atoms with E-state index in [1.54, 1.807) is 6.07 Å². The molecule has 0 radical (unpaired) electrons. The number of aryl methyl sites for hydroxylation is 1. The van der Waals surface area contributed by atoms with E-state index in [9.17, 15) is 35.6 Å². The third-order valence-corrected chi connectivity index (χ3v) is 9.21. The Morgan fingerprint density at radius 3 is 2.33 bits per heavy atom. The van der Waals surface area contributed by atoms with E-state index in [2.05, 4.69) is 4.98 Å². The summed E-state index contributed by atoms with van der Waals surface area (Å²) in [6.07, 6.45) is -4.76. The van der Waals surface area contributed by atoms with Crippen LogP contribution in [0.3, 0.4) is 0 Å². The number of sulfone groups is 1. The molecule has 1 aliphatic rings. The lowest BCUT2D eigenvalue weighted by Crippen LogP contribution is -2.46. The molecule has 1 N–H and O–H groups in total. The van der Waals surface area contributed by atoms with E-state index < -0.39 is 37.7 Å². The second kappa shape index (κ2) is 8.60. The summed E-state index contributed by atoms with van der Waals surface area (Å²) >= 11 is 0. The van der Waals surface area contributed by atoms with Crippen molar-refractivity contribution in [2.24, 2.45) is 0 Å². The van der Waals surface area contributed by atoms with Crippen molar-refractivity contribution in [2.45, 2.75) is 74.3 Å². The number of benzene rings is 1. The fraction of sp³-hybridized carbons (Fsp3) is 0.458. The Morgan fingerprint density at radius 2 is 1.72 bits per heavy atom. The molecular formula is C24H25F5N2O4S. The van der Waals surface area contributed by atoms with Gasteiger partial charge in [-0.25, -0.2) is 26.9 Å². The van der Waals surface area contributed by atoms with Crippen molar-refractivity contribution < 1.29 is 39.8 Å². The largest absolute Gasteiger partial charge is 0.710 e. The molecule has 36 heavy (non-hydrogen) atoms. The third kappa shape index (κ3) is 4.39. The summed E-state index contributed by atoms with van der Waals surface area (Å²) in [5, 5.41) is 12.9. The number of alkyl halides is 5. The third-order valence-electron chi connectivity index (χ3n) is 6.76. The van der Waals surface area contributed by atoms with Crippen LogP contribution in [0, 0.1) is 12.1 Å². The fourth-order valence-corrected chi connectivity index (χ4v) is 5.65. The van der Waals surface area contributed by atoms with Crippen molar-refractivity contribution in [2.75, 3.05) is 0 Å². The van der Waals surface area contributed by atoms with Crippen LogP contribution in [0.25, 0.3) is 22.2 Å². The van der Waals surface area contributed by atoms with E-state index in [1.165, 1.54) is 25.3 Å². The molecule has 0 amide bonds. The van der Waals surface area contributed by atoms with Gasteiger partial charge in [-0.05, 0) is 63.9 Å². The Kier molecular flexibility index (Phi) is 6.26. The molecule has 2 heterocycles. The van der Waals surface area contributed by atoms with Crippen LogP contribution in [-0.4, -0.2) is 36.4 Å². The highest BCUT2D eigenvalue weighted by atomic mass is 32.2. The summed E-state index contributed by atoms with van der Waals surface area (Å²) < 4.78 is 97.9. The molecule has 6 nitrogen and oxygen atoms in total. The summed E-state index contributed by atoms with van der Waals surface area (Å²) in [4.78, 5) is 2.22. The van der Waals surface area contributed by atoms with Gasteiger partial charge in [0.15, 0.2) is 14.6 Å². The normalized spacial score (nSPS) is 17.4. The van der Waals surface area contributed by atoms with Crippen LogP contribution in [0.2, 0.25) is 0 Å². The molecule has 0 unspecified atom stereocenters. The van der Waals surface area contributed by atoms with E-state index in [0.717, 1.165) is 12.1 Å². The van der Waals surface area contributed by atoms with Gasteiger partial charge in [0, 0.05) is 24.0 Å². The highest BCUT2D eigenvalue weighted by molar-refractivity contribution is 7.92. The molecule has 12 heteroatoms. The Labute approximate surface area is 204 Å². The minimum atomic E-state index is -5.04. The number of H-pyrrole nitrogens is 1. The molecule has 0 aliphatic heterocycles. The predicted molar refractivity (Wildman–Crippen MR) is 123 cm³/mol. The van der Waals surface area contributed by atoms with Crippen molar-refractivity contribution in [3.8, 4) is 16.9 Å². The average molecular weight is 533 g/mol. The maximum absolute atomic E-state index is 13.6. The number of nitrogens with zero attached hydrogens (tertiary/aromatic N) is 1. The zero-order valence-electron chi connectivity index (χ0n) is 19.7. The van der Waals surface area contributed by atoms with Crippen LogP contribution in [0.15, 0.2) is 41.4 Å². The number of fused-ring (bicyclic) bond motifs is 1. The monoisotopic (exact) mass is 532 g/mol. The number of hydrogen-bond acceptors (Lipinski definition) is 4. The first-order valence-corrected chi connectivity index (χ1v) is 12.7. The average Bonchev–Trinajstić information content (AvgIpc) is 3.27. The smallest absolute Gasteiger partial charge is 0.408 e. The zero-order chi connectivity index (χ0) is 26.7. The Morgan fingerprint density at radius 1 is 1.08 bits per heavy atom. The lowest BCUT2D eigenvalue weighted by Gasteiger charge is -2.30. The first-order valence-electron chi connectivity index (χ1n) is 11.3. The first kappa shape index (κ1) is 26.2. The van der Waals surface area contributed by atoms with E-state index in [1.807, 2.05) is 0 Å². The standard InChI is InChI=1S/C24H25F5N2O4S/c1-14-12-18(17-8-11-30-21(17)31(14)32)19-13-16(36(33,34)22(2,3)24(27,28)29)4-5-20(19)35-15-6-9-23(25,26)10-7-15/h4-5,8,11-13,15,30H,6-7,9-10H2,1-3H3. The van der Waals surface area contributed by atoms with E-state index >= 15 is 0 Å². The highest BCUT2D eigenvalue weighted by Gasteiger charge is 2.57. The van der Waals surface area contributed by atoms with Gasteiger partial charge in [0.25, 0.3) is 5.65 Å². The molecule has 1 saturated carbocycles. The number of rotatable bonds is 5. The molecule has 0 spiro atoms. The van der Waals surface area contributed by atoms with Crippen LogP contribution in [0.1, 0.15) is 45.2 Å². The molecule has 196 valence electrons. The van der Waals surface area contributed by atoms with Gasteiger partial charge in [-0.15, -0.1) is 0 Å². The summed E-state index contributed by atoms with van der Waals surface area (Å²) in [6.45, 7) is 2.70. The fourth-order valence-electron chi connectivity index (χ4n) is 4.24. The molecule has 4 rings (SSSR count). The Hall–Kier alpha value is -2.89. The van der Waals surface area contributed by atoms with Crippen molar-refractivity contribution in [3.63, 3.8) is 0 Å². The second-order valence-electron chi connectivity index (χ2n) is 9.58. The van der Waals surface area contributed by atoms with Gasteiger partial charge in [0.1, 0.15) is 11.4 Å². The summed E-state index contributed by atoms with van der Waals surface area (Å²) in [6, 6.07) is 6.41. The number of ether oxygens (including phenoxy) is 1. The van der Waals surface area contributed by atoms with Crippen LogP contribution >= 0.6 is 0 Å².